The first-order valence-corrected chi connectivity index (χ1v) is 7.43. The summed E-state index contributed by atoms with van der Waals surface area (Å²) >= 11 is 5.96. The van der Waals surface area contributed by atoms with E-state index >= 15 is 0 Å². The number of nitrogens with one attached hydrogen (secondary N) is 1. The highest BCUT2D eigenvalue weighted by atomic mass is 35.5. The second-order valence-electron chi connectivity index (χ2n) is 5.20. The van der Waals surface area contributed by atoms with Crippen molar-refractivity contribution in [2.24, 2.45) is 0 Å². The molecule has 23 heavy (non-hydrogen) atoms. The fourth-order valence-electron chi connectivity index (χ4n) is 2.35. The standard InChI is InChI=1S/C17H15ClN2O3/c1-10-3-5-15-12(7-10)13(20-23-15)9-17(21)19-14-8-11(18)4-6-16(14)22-2/h3-8H,9H2,1-2H3,(H,19,21). The van der Waals surface area contributed by atoms with Gasteiger partial charge in [0.25, 0.3) is 0 Å². The molecule has 118 valence electrons. The van der Waals surface area contributed by atoms with Crippen molar-refractivity contribution in [2.75, 3.05) is 12.4 Å². The smallest absolute Gasteiger partial charge is 0.230 e. The third-order valence-corrected chi connectivity index (χ3v) is 3.70. The molecule has 0 spiro atoms. The Morgan fingerprint density at radius 3 is 2.91 bits per heavy atom. The van der Waals surface area contributed by atoms with Crippen LogP contribution in [0, 0.1) is 6.92 Å². The van der Waals surface area contributed by atoms with E-state index in [4.69, 9.17) is 20.9 Å². The average Bonchev–Trinajstić information content (AvgIpc) is 2.90. The van der Waals surface area contributed by atoms with Gasteiger partial charge in [-0.25, -0.2) is 0 Å². The molecule has 3 aromatic rings. The molecule has 1 amide bonds. The lowest BCUT2D eigenvalue weighted by Crippen LogP contribution is -2.15. The number of rotatable bonds is 4. The third kappa shape index (κ3) is 3.29. The second-order valence-corrected chi connectivity index (χ2v) is 5.63. The van der Waals surface area contributed by atoms with Crippen molar-refractivity contribution in [1.82, 2.24) is 5.16 Å². The maximum absolute atomic E-state index is 12.3. The normalized spacial score (nSPS) is 10.7. The van der Waals surface area contributed by atoms with Gasteiger partial charge in [0.2, 0.25) is 5.91 Å². The van der Waals surface area contributed by atoms with E-state index in [0.29, 0.717) is 27.7 Å². The Bertz CT molecular complexity index is 873. The number of anilines is 1. The molecular formula is C17H15ClN2O3. The number of ether oxygens (including phenoxy) is 1. The van der Waals surface area contributed by atoms with Crippen LogP contribution in [0.2, 0.25) is 5.02 Å². The first-order valence-electron chi connectivity index (χ1n) is 7.05. The lowest BCUT2D eigenvalue weighted by atomic mass is 10.1. The van der Waals surface area contributed by atoms with Gasteiger partial charge in [0.05, 0.1) is 19.2 Å². The summed E-state index contributed by atoms with van der Waals surface area (Å²) in [6.07, 6.45) is 0.103. The van der Waals surface area contributed by atoms with E-state index in [-0.39, 0.29) is 12.3 Å². The number of halogens is 1. The fraction of sp³-hybridized carbons (Fsp3) is 0.176. The third-order valence-electron chi connectivity index (χ3n) is 3.46. The Morgan fingerprint density at radius 1 is 1.30 bits per heavy atom. The molecule has 0 fully saturated rings. The number of carbonyl (C=O) groups is 1. The Hall–Kier alpha value is -2.53. The first-order chi connectivity index (χ1) is 11.1. The van der Waals surface area contributed by atoms with E-state index in [1.54, 1.807) is 18.2 Å². The van der Waals surface area contributed by atoms with Crippen LogP contribution in [0.25, 0.3) is 11.0 Å². The van der Waals surface area contributed by atoms with Gasteiger partial charge in [-0.3, -0.25) is 4.79 Å². The molecular weight excluding hydrogens is 316 g/mol. The molecule has 6 heteroatoms. The second kappa shape index (κ2) is 6.30. The fourth-order valence-corrected chi connectivity index (χ4v) is 2.53. The maximum atomic E-state index is 12.3. The van der Waals surface area contributed by atoms with Crippen molar-refractivity contribution in [3.05, 3.63) is 52.7 Å². The molecule has 0 aliphatic rings. The number of hydrogen-bond acceptors (Lipinski definition) is 4. The predicted octanol–water partition coefficient (Wildman–Crippen LogP) is 3.98. The molecule has 0 aliphatic heterocycles. The van der Waals surface area contributed by atoms with Crippen LogP contribution in [-0.4, -0.2) is 18.2 Å². The highest BCUT2D eigenvalue weighted by Gasteiger charge is 2.14. The summed E-state index contributed by atoms with van der Waals surface area (Å²) in [6.45, 7) is 1.98. The molecule has 1 heterocycles. The molecule has 0 saturated carbocycles. The van der Waals surface area contributed by atoms with Crippen LogP contribution in [0.5, 0.6) is 5.75 Å². The van der Waals surface area contributed by atoms with Crippen molar-refractivity contribution in [1.29, 1.82) is 0 Å². The van der Waals surface area contributed by atoms with Gasteiger partial charge >= 0.3 is 0 Å². The summed E-state index contributed by atoms with van der Waals surface area (Å²) in [5.74, 6) is 0.325. The van der Waals surface area contributed by atoms with Gasteiger partial charge in [-0.15, -0.1) is 0 Å². The molecule has 0 unspecified atom stereocenters. The molecule has 0 aliphatic carbocycles. The van der Waals surface area contributed by atoms with E-state index in [9.17, 15) is 4.79 Å². The van der Waals surface area contributed by atoms with Crippen molar-refractivity contribution < 1.29 is 14.1 Å². The molecule has 1 aromatic heterocycles. The Morgan fingerprint density at radius 2 is 2.13 bits per heavy atom. The highest BCUT2D eigenvalue weighted by Crippen LogP contribution is 2.28. The number of methoxy groups -OCH3 is 1. The summed E-state index contributed by atoms with van der Waals surface area (Å²) in [4.78, 5) is 12.3. The van der Waals surface area contributed by atoms with Gasteiger partial charge in [-0.2, -0.15) is 0 Å². The number of amides is 1. The maximum Gasteiger partial charge on any atom is 0.230 e. The van der Waals surface area contributed by atoms with Gasteiger partial charge in [-0.05, 0) is 37.3 Å². The van der Waals surface area contributed by atoms with Crippen LogP contribution in [-0.2, 0) is 11.2 Å². The molecule has 2 aromatic carbocycles. The molecule has 1 N–H and O–H groups in total. The summed E-state index contributed by atoms with van der Waals surface area (Å²) in [5, 5.41) is 8.14. The first kappa shape index (κ1) is 15.4. The van der Waals surface area contributed by atoms with E-state index in [2.05, 4.69) is 10.5 Å². The molecule has 5 nitrogen and oxygen atoms in total. The van der Waals surface area contributed by atoms with Gasteiger partial charge in [-0.1, -0.05) is 28.4 Å². The lowest BCUT2D eigenvalue weighted by Gasteiger charge is -2.10. The molecule has 0 atom stereocenters. The monoisotopic (exact) mass is 330 g/mol. The topological polar surface area (TPSA) is 64.4 Å². The highest BCUT2D eigenvalue weighted by molar-refractivity contribution is 6.31. The minimum absolute atomic E-state index is 0.103. The zero-order valence-electron chi connectivity index (χ0n) is 12.7. The van der Waals surface area contributed by atoms with Crippen LogP contribution in [0.15, 0.2) is 40.9 Å². The van der Waals surface area contributed by atoms with E-state index in [1.165, 1.54) is 7.11 Å². The van der Waals surface area contributed by atoms with Crippen LogP contribution in [0.4, 0.5) is 5.69 Å². The van der Waals surface area contributed by atoms with Crippen LogP contribution < -0.4 is 10.1 Å². The molecule has 0 bridgehead atoms. The van der Waals surface area contributed by atoms with E-state index in [0.717, 1.165) is 10.9 Å². The number of fused-ring (bicyclic) bond motifs is 1. The Balaban J connectivity index is 1.81. The number of carbonyl (C=O) groups excluding carboxylic acids is 1. The quantitative estimate of drug-likeness (QED) is 0.786. The number of benzene rings is 2. The molecule has 3 rings (SSSR count). The lowest BCUT2D eigenvalue weighted by molar-refractivity contribution is -0.115. The van der Waals surface area contributed by atoms with E-state index < -0.39 is 0 Å². The summed E-state index contributed by atoms with van der Waals surface area (Å²) in [7, 11) is 1.53. The predicted molar refractivity (Wildman–Crippen MR) is 89.1 cm³/mol. The molecule has 0 radical (unpaired) electrons. The number of hydrogen-bond donors (Lipinski definition) is 1. The van der Waals surface area contributed by atoms with Crippen molar-refractivity contribution >= 4 is 34.2 Å². The number of aromatic nitrogens is 1. The minimum atomic E-state index is -0.220. The van der Waals surface area contributed by atoms with Crippen LogP contribution in [0.3, 0.4) is 0 Å². The molecule has 0 saturated heterocycles. The van der Waals surface area contributed by atoms with Gasteiger partial charge in [0, 0.05) is 10.4 Å². The minimum Gasteiger partial charge on any atom is -0.495 e. The summed E-state index contributed by atoms with van der Waals surface area (Å²) in [5.41, 5.74) is 2.87. The van der Waals surface area contributed by atoms with Crippen molar-refractivity contribution in [3.63, 3.8) is 0 Å². The summed E-state index contributed by atoms with van der Waals surface area (Å²) in [6, 6.07) is 10.8. The van der Waals surface area contributed by atoms with Gasteiger partial charge in [0.15, 0.2) is 5.58 Å². The van der Waals surface area contributed by atoms with Gasteiger partial charge in [0.1, 0.15) is 11.4 Å². The Labute approximate surface area is 138 Å². The number of nitrogens with zero attached hydrogens (tertiary/aromatic N) is 1. The largest absolute Gasteiger partial charge is 0.495 e. The van der Waals surface area contributed by atoms with E-state index in [1.807, 2.05) is 25.1 Å². The summed E-state index contributed by atoms with van der Waals surface area (Å²) < 4.78 is 10.5. The van der Waals surface area contributed by atoms with Crippen LogP contribution >= 0.6 is 11.6 Å². The average molecular weight is 331 g/mol. The number of aryl methyl sites for hydroxylation is 1. The zero-order valence-corrected chi connectivity index (χ0v) is 13.5. The van der Waals surface area contributed by atoms with Crippen LogP contribution in [0.1, 0.15) is 11.3 Å². The Kier molecular flexibility index (Phi) is 4.21. The zero-order chi connectivity index (χ0) is 16.4. The van der Waals surface area contributed by atoms with Gasteiger partial charge < -0.3 is 14.6 Å². The SMILES string of the molecule is COc1ccc(Cl)cc1NC(=O)Cc1noc2ccc(C)cc12. The van der Waals surface area contributed by atoms with Crippen molar-refractivity contribution in [3.8, 4) is 5.75 Å². The van der Waals surface area contributed by atoms with Crippen molar-refractivity contribution in [2.45, 2.75) is 13.3 Å².